The number of rotatable bonds is 4. The lowest BCUT2D eigenvalue weighted by molar-refractivity contribution is 0.227. The monoisotopic (exact) mass is 209 g/mol. The fourth-order valence-electron chi connectivity index (χ4n) is 3.06. The summed E-state index contributed by atoms with van der Waals surface area (Å²) in [6, 6.07) is 1.61. The second kappa shape index (κ2) is 4.86. The van der Waals surface area contributed by atoms with Gasteiger partial charge < -0.3 is 5.32 Å². The second-order valence-corrected chi connectivity index (χ2v) is 6.15. The van der Waals surface area contributed by atoms with Crippen LogP contribution in [0.5, 0.6) is 0 Å². The largest absolute Gasteiger partial charge is 0.311 e. The molecule has 1 N–H and O–H groups in total. The van der Waals surface area contributed by atoms with Crippen LogP contribution in [0.1, 0.15) is 59.3 Å². The molecule has 1 heteroatoms. The first kappa shape index (κ1) is 11.4. The van der Waals surface area contributed by atoms with E-state index in [1.165, 1.54) is 38.5 Å². The molecule has 2 aliphatic rings. The van der Waals surface area contributed by atoms with E-state index in [-0.39, 0.29) is 0 Å². The molecule has 0 aliphatic heterocycles. The molecule has 0 spiro atoms. The van der Waals surface area contributed by atoms with Gasteiger partial charge in [-0.1, -0.05) is 13.8 Å². The summed E-state index contributed by atoms with van der Waals surface area (Å²) in [5, 5.41) is 3.84. The first-order valence-corrected chi connectivity index (χ1v) is 6.93. The average molecular weight is 209 g/mol. The second-order valence-electron chi connectivity index (χ2n) is 6.15. The third-order valence-corrected chi connectivity index (χ3v) is 4.54. The van der Waals surface area contributed by atoms with E-state index in [1.807, 2.05) is 0 Å². The zero-order valence-electron chi connectivity index (χ0n) is 10.6. The van der Waals surface area contributed by atoms with E-state index >= 15 is 0 Å². The molecule has 2 aliphatic carbocycles. The van der Waals surface area contributed by atoms with Crippen molar-refractivity contribution in [1.82, 2.24) is 5.32 Å². The topological polar surface area (TPSA) is 12.0 Å². The maximum absolute atomic E-state index is 3.84. The molecule has 0 aromatic carbocycles. The fourth-order valence-corrected chi connectivity index (χ4v) is 3.06. The Morgan fingerprint density at radius 1 is 0.800 bits per heavy atom. The predicted octanol–water partition coefficient (Wildman–Crippen LogP) is 3.59. The summed E-state index contributed by atoms with van der Waals surface area (Å²) in [5.41, 5.74) is 0. The Labute approximate surface area is 95.0 Å². The van der Waals surface area contributed by atoms with E-state index in [4.69, 9.17) is 0 Å². The summed E-state index contributed by atoms with van der Waals surface area (Å²) in [5.74, 6) is 2.90. The summed E-state index contributed by atoms with van der Waals surface area (Å²) >= 11 is 0. The van der Waals surface area contributed by atoms with E-state index in [0.717, 1.165) is 29.8 Å². The molecule has 0 amide bonds. The van der Waals surface area contributed by atoms with Crippen molar-refractivity contribution in [3.05, 3.63) is 0 Å². The highest BCUT2D eigenvalue weighted by Crippen LogP contribution is 2.34. The van der Waals surface area contributed by atoms with Crippen LogP contribution in [0.25, 0.3) is 0 Å². The van der Waals surface area contributed by atoms with Crippen molar-refractivity contribution in [2.75, 3.05) is 0 Å². The number of nitrogens with one attached hydrogen (secondary N) is 1. The van der Waals surface area contributed by atoms with Gasteiger partial charge in [-0.05, 0) is 63.2 Å². The van der Waals surface area contributed by atoms with Crippen molar-refractivity contribution in [1.29, 1.82) is 0 Å². The molecule has 15 heavy (non-hydrogen) atoms. The average Bonchev–Trinajstić information content (AvgIpc) is 3.01. The van der Waals surface area contributed by atoms with Gasteiger partial charge in [-0.3, -0.25) is 0 Å². The van der Waals surface area contributed by atoms with Crippen molar-refractivity contribution < 1.29 is 0 Å². The Kier molecular flexibility index (Phi) is 3.71. The van der Waals surface area contributed by atoms with Crippen LogP contribution < -0.4 is 5.32 Å². The van der Waals surface area contributed by atoms with Crippen molar-refractivity contribution >= 4 is 0 Å². The lowest BCUT2D eigenvalue weighted by atomic mass is 9.79. The molecule has 0 heterocycles. The van der Waals surface area contributed by atoms with Crippen LogP contribution in [0.3, 0.4) is 0 Å². The van der Waals surface area contributed by atoms with Crippen LogP contribution in [0.15, 0.2) is 0 Å². The van der Waals surface area contributed by atoms with Gasteiger partial charge in [-0.15, -0.1) is 0 Å². The van der Waals surface area contributed by atoms with Gasteiger partial charge in [-0.2, -0.15) is 0 Å². The normalized spacial score (nSPS) is 34.4. The van der Waals surface area contributed by atoms with Gasteiger partial charge in [-0.25, -0.2) is 0 Å². The van der Waals surface area contributed by atoms with Gasteiger partial charge in [0.1, 0.15) is 0 Å². The molecule has 0 saturated heterocycles. The Hall–Kier alpha value is -0.0400. The van der Waals surface area contributed by atoms with E-state index in [2.05, 4.69) is 26.1 Å². The molecule has 88 valence electrons. The molecule has 2 fully saturated rings. The molecule has 0 radical (unpaired) electrons. The molecular formula is C14H27N. The van der Waals surface area contributed by atoms with Gasteiger partial charge in [0.2, 0.25) is 0 Å². The molecular weight excluding hydrogens is 182 g/mol. The maximum atomic E-state index is 3.84. The minimum absolute atomic E-state index is 0.783. The minimum Gasteiger partial charge on any atom is -0.311 e. The zero-order chi connectivity index (χ0) is 10.8. The summed E-state index contributed by atoms with van der Waals surface area (Å²) in [7, 11) is 0. The van der Waals surface area contributed by atoms with E-state index < -0.39 is 0 Å². The van der Waals surface area contributed by atoms with Gasteiger partial charge in [0, 0.05) is 12.1 Å². The van der Waals surface area contributed by atoms with Crippen LogP contribution >= 0.6 is 0 Å². The summed E-state index contributed by atoms with van der Waals surface area (Å²) in [6.45, 7) is 7.14. The Morgan fingerprint density at radius 3 is 1.80 bits per heavy atom. The Morgan fingerprint density at radius 2 is 1.33 bits per heavy atom. The van der Waals surface area contributed by atoms with Crippen molar-refractivity contribution in [3.63, 3.8) is 0 Å². The van der Waals surface area contributed by atoms with Gasteiger partial charge >= 0.3 is 0 Å². The van der Waals surface area contributed by atoms with Crippen molar-refractivity contribution in [2.45, 2.75) is 71.4 Å². The van der Waals surface area contributed by atoms with Crippen molar-refractivity contribution in [2.24, 2.45) is 17.8 Å². The molecule has 0 bridgehead atoms. The highest BCUT2D eigenvalue weighted by molar-refractivity contribution is 4.87. The third kappa shape index (κ3) is 3.21. The quantitative estimate of drug-likeness (QED) is 0.746. The number of hydrogen-bond donors (Lipinski definition) is 1. The maximum Gasteiger partial charge on any atom is 0.00698 e. The van der Waals surface area contributed by atoms with E-state index in [1.54, 1.807) is 0 Å². The standard InChI is InChI=1S/C14H27N/c1-10(2)12-6-8-14(9-7-12)15-11(3)13-4-5-13/h10-15H,4-9H2,1-3H3. The smallest absolute Gasteiger partial charge is 0.00698 e. The van der Waals surface area contributed by atoms with Crippen molar-refractivity contribution in [3.8, 4) is 0 Å². The first-order valence-electron chi connectivity index (χ1n) is 6.93. The summed E-state index contributed by atoms with van der Waals surface area (Å²) in [4.78, 5) is 0. The lowest BCUT2D eigenvalue weighted by Gasteiger charge is -2.33. The van der Waals surface area contributed by atoms with Crippen LogP contribution in [0.4, 0.5) is 0 Å². The molecule has 1 unspecified atom stereocenters. The van der Waals surface area contributed by atoms with Gasteiger partial charge in [0.25, 0.3) is 0 Å². The van der Waals surface area contributed by atoms with E-state index in [9.17, 15) is 0 Å². The Bertz CT molecular complexity index is 188. The molecule has 1 nitrogen and oxygen atoms in total. The van der Waals surface area contributed by atoms with Crippen LogP contribution in [0.2, 0.25) is 0 Å². The minimum atomic E-state index is 0.783. The highest BCUT2D eigenvalue weighted by Gasteiger charge is 2.30. The van der Waals surface area contributed by atoms with Crippen LogP contribution in [-0.4, -0.2) is 12.1 Å². The van der Waals surface area contributed by atoms with Crippen LogP contribution in [-0.2, 0) is 0 Å². The Balaban J connectivity index is 1.68. The van der Waals surface area contributed by atoms with Gasteiger partial charge in [0.15, 0.2) is 0 Å². The summed E-state index contributed by atoms with van der Waals surface area (Å²) < 4.78 is 0. The molecule has 2 rings (SSSR count). The first-order chi connectivity index (χ1) is 7.16. The SMILES string of the molecule is CC(C)C1CCC(NC(C)C2CC2)CC1. The summed E-state index contributed by atoms with van der Waals surface area (Å²) in [6.07, 6.45) is 8.67. The molecule has 1 atom stereocenters. The molecule has 0 aromatic heterocycles. The third-order valence-electron chi connectivity index (χ3n) is 4.54. The zero-order valence-corrected chi connectivity index (χ0v) is 10.6. The lowest BCUT2D eigenvalue weighted by Crippen LogP contribution is -2.40. The molecule has 0 aromatic rings. The number of hydrogen-bond acceptors (Lipinski definition) is 1. The van der Waals surface area contributed by atoms with E-state index in [0.29, 0.717) is 0 Å². The fraction of sp³-hybridized carbons (Fsp3) is 1.00. The molecule has 2 saturated carbocycles. The van der Waals surface area contributed by atoms with Gasteiger partial charge in [0.05, 0.1) is 0 Å². The predicted molar refractivity (Wildman–Crippen MR) is 65.9 cm³/mol. The van der Waals surface area contributed by atoms with Crippen LogP contribution in [0, 0.1) is 17.8 Å². The highest BCUT2D eigenvalue weighted by atomic mass is 15.0.